The highest BCUT2D eigenvalue weighted by molar-refractivity contribution is 6.38. The molecule has 5 nitrogen and oxygen atoms in total. The highest BCUT2D eigenvalue weighted by atomic mass is 35.5. The molecule has 0 atom stereocenters. The summed E-state index contributed by atoms with van der Waals surface area (Å²) in [4.78, 5) is 10.2. The van der Waals surface area contributed by atoms with Crippen LogP contribution >= 0.6 is 23.2 Å². The van der Waals surface area contributed by atoms with Crippen LogP contribution in [0.1, 0.15) is 25.3 Å². The van der Waals surface area contributed by atoms with Crippen LogP contribution in [0.4, 0.5) is 5.69 Å². The lowest BCUT2D eigenvalue weighted by Crippen LogP contribution is -1.95. The third-order valence-corrected chi connectivity index (χ3v) is 3.61. The number of ether oxygens (including phenoxy) is 1. The summed E-state index contributed by atoms with van der Waals surface area (Å²) in [7, 11) is 0. The van der Waals surface area contributed by atoms with Gasteiger partial charge >= 0.3 is 0 Å². The zero-order chi connectivity index (χ0) is 16.4. The maximum atomic E-state index is 10.9. The second-order valence-electron chi connectivity index (χ2n) is 4.86. The van der Waals surface area contributed by atoms with E-state index in [9.17, 15) is 15.2 Å². The van der Waals surface area contributed by atoms with Crippen molar-refractivity contribution in [3.63, 3.8) is 0 Å². The molecule has 2 aromatic carbocycles. The van der Waals surface area contributed by atoms with Crippen LogP contribution in [-0.2, 0) is 0 Å². The van der Waals surface area contributed by atoms with Gasteiger partial charge in [-0.3, -0.25) is 10.1 Å². The van der Waals surface area contributed by atoms with Gasteiger partial charge in [-0.05, 0) is 30.2 Å². The van der Waals surface area contributed by atoms with Crippen LogP contribution in [-0.4, -0.2) is 10.0 Å². The number of aromatic hydroxyl groups is 1. The minimum Gasteiger partial charge on any atom is -0.508 e. The van der Waals surface area contributed by atoms with Crippen LogP contribution in [0.15, 0.2) is 24.3 Å². The molecule has 0 aliphatic heterocycles. The maximum Gasteiger partial charge on any atom is 0.299 e. The predicted octanol–water partition coefficient (Wildman–Crippen LogP) is 5.32. The number of hydrogen-bond acceptors (Lipinski definition) is 4. The van der Waals surface area contributed by atoms with Crippen molar-refractivity contribution in [2.45, 2.75) is 19.8 Å². The molecule has 0 aromatic heterocycles. The molecule has 0 aliphatic rings. The Kier molecular flexibility index (Phi) is 4.78. The molecule has 0 aliphatic carbocycles. The quantitative estimate of drug-likeness (QED) is 0.603. The van der Waals surface area contributed by atoms with Gasteiger partial charge in [-0.2, -0.15) is 0 Å². The molecule has 0 amide bonds. The van der Waals surface area contributed by atoms with E-state index in [1.807, 2.05) is 13.8 Å². The topological polar surface area (TPSA) is 72.6 Å². The van der Waals surface area contributed by atoms with Gasteiger partial charge in [-0.15, -0.1) is 0 Å². The van der Waals surface area contributed by atoms with Crippen molar-refractivity contribution in [3.8, 4) is 17.2 Å². The van der Waals surface area contributed by atoms with Crippen molar-refractivity contribution in [2.24, 2.45) is 0 Å². The summed E-state index contributed by atoms with van der Waals surface area (Å²) in [5.41, 5.74) is 0.269. The number of phenolic OH excluding ortho intramolecular Hbond substituents is 1. The molecule has 2 aromatic rings. The number of phenols is 1. The van der Waals surface area contributed by atoms with Gasteiger partial charge in [0.15, 0.2) is 10.8 Å². The highest BCUT2D eigenvalue weighted by Crippen LogP contribution is 2.42. The molecule has 0 heterocycles. The van der Waals surface area contributed by atoms with Gasteiger partial charge in [-0.1, -0.05) is 37.0 Å². The van der Waals surface area contributed by atoms with Crippen LogP contribution in [0.5, 0.6) is 17.2 Å². The number of benzene rings is 2. The van der Waals surface area contributed by atoms with Gasteiger partial charge in [0, 0.05) is 5.56 Å². The lowest BCUT2D eigenvalue weighted by Gasteiger charge is -2.13. The van der Waals surface area contributed by atoms with Crippen molar-refractivity contribution in [1.82, 2.24) is 0 Å². The molecule has 7 heteroatoms. The Hall–Kier alpha value is -1.98. The molecule has 115 valence electrons. The van der Waals surface area contributed by atoms with Crippen LogP contribution in [0.25, 0.3) is 0 Å². The summed E-state index contributed by atoms with van der Waals surface area (Å²) in [5.74, 6) is 0.569. The van der Waals surface area contributed by atoms with Crippen molar-refractivity contribution in [1.29, 1.82) is 0 Å². The van der Waals surface area contributed by atoms with Crippen molar-refractivity contribution in [2.75, 3.05) is 0 Å². The number of nitro groups is 1. The van der Waals surface area contributed by atoms with E-state index in [0.29, 0.717) is 11.3 Å². The first-order chi connectivity index (χ1) is 10.3. The van der Waals surface area contributed by atoms with Gasteiger partial charge < -0.3 is 9.84 Å². The number of rotatable bonds is 4. The van der Waals surface area contributed by atoms with Crippen LogP contribution in [0.2, 0.25) is 10.0 Å². The fourth-order valence-corrected chi connectivity index (χ4v) is 2.38. The smallest absolute Gasteiger partial charge is 0.299 e. The van der Waals surface area contributed by atoms with Gasteiger partial charge in [0.2, 0.25) is 0 Å². The summed E-state index contributed by atoms with van der Waals surface area (Å²) in [5, 5.41) is 20.6. The summed E-state index contributed by atoms with van der Waals surface area (Å²) in [6.07, 6.45) is 0. The molecule has 0 bridgehead atoms. The number of halogens is 2. The standard InChI is InChI=1S/C15H12Cl2NO4/c1-8(2)10-7-9(3-6-13(10)19)22-15-11(16)4-5-12(14(15)17)18(20)21/h3-4,6-8,19H,1-2H3. The fraction of sp³-hybridized carbons (Fsp3) is 0.200. The molecule has 0 unspecified atom stereocenters. The molecule has 1 radical (unpaired) electrons. The van der Waals surface area contributed by atoms with E-state index in [1.54, 1.807) is 6.07 Å². The Morgan fingerprint density at radius 1 is 1.36 bits per heavy atom. The van der Waals surface area contributed by atoms with Crippen LogP contribution in [0, 0.1) is 16.2 Å². The van der Waals surface area contributed by atoms with Crippen molar-refractivity contribution >= 4 is 28.9 Å². The second-order valence-corrected chi connectivity index (χ2v) is 5.65. The molecule has 22 heavy (non-hydrogen) atoms. The molecule has 0 fully saturated rings. The van der Waals surface area contributed by atoms with Gasteiger partial charge in [0.1, 0.15) is 11.5 Å². The molecule has 0 saturated carbocycles. The van der Waals surface area contributed by atoms with E-state index < -0.39 is 10.6 Å². The van der Waals surface area contributed by atoms with E-state index in [0.717, 1.165) is 0 Å². The molecule has 0 saturated heterocycles. The van der Waals surface area contributed by atoms with E-state index in [2.05, 4.69) is 6.07 Å². The van der Waals surface area contributed by atoms with Gasteiger partial charge in [0.05, 0.1) is 16.0 Å². The number of nitro benzene ring substituents is 1. The van der Waals surface area contributed by atoms with E-state index in [4.69, 9.17) is 27.9 Å². The van der Waals surface area contributed by atoms with Crippen molar-refractivity contribution in [3.05, 3.63) is 56.1 Å². The summed E-state index contributed by atoms with van der Waals surface area (Å²) < 4.78 is 5.58. The third kappa shape index (κ3) is 3.26. The minimum absolute atomic E-state index is 0.0193. The Balaban J connectivity index is 2.45. The van der Waals surface area contributed by atoms with E-state index in [1.165, 1.54) is 18.2 Å². The summed E-state index contributed by atoms with van der Waals surface area (Å²) in [6, 6.07) is 8.25. The summed E-state index contributed by atoms with van der Waals surface area (Å²) >= 11 is 11.9. The lowest BCUT2D eigenvalue weighted by molar-refractivity contribution is -0.385. The highest BCUT2D eigenvalue weighted by Gasteiger charge is 2.21. The Morgan fingerprint density at radius 3 is 2.64 bits per heavy atom. The maximum absolute atomic E-state index is 10.9. The first-order valence-corrected chi connectivity index (χ1v) is 7.11. The number of hydrogen-bond donors (Lipinski definition) is 1. The fourth-order valence-electron chi connectivity index (χ4n) is 1.88. The van der Waals surface area contributed by atoms with Crippen molar-refractivity contribution < 1.29 is 14.8 Å². The first kappa shape index (κ1) is 16.4. The molecule has 2 rings (SSSR count). The Labute approximate surface area is 137 Å². The summed E-state index contributed by atoms with van der Waals surface area (Å²) in [6.45, 7) is 3.84. The lowest BCUT2D eigenvalue weighted by atomic mass is 10.0. The SMILES string of the molecule is CC(C)c1cc(Oc2c(Cl)c[c]c([N+](=O)[O-])c2Cl)ccc1O. The van der Waals surface area contributed by atoms with E-state index in [-0.39, 0.29) is 27.5 Å². The third-order valence-electron chi connectivity index (χ3n) is 2.98. The van der Waals surface area contributed by atoms with Gasteiger partial charge in [0.25, 0.3) is 5.69 Å². The second kappa shape index (κ2) is 6.42. The zero-order valence-electron chi connectivity index (χ0n) is 11.8. The zero-order valence-corrected chi connectivity index (χ0v) is 13.3. The molecule has 1 N–H and O–H groups in total. The largest absolute Gasteiger partial charge is 0.508 e. The first-order valence-electron chi connectivity index (χ1n) is 6.36. The van der Waals surface area contributed by atoms with Crippen LogP contribution in [0.3, 0.4) is 0 Å². The molecular formula is C15H12Cl2NO4. The molecular weight excluding hydrogens is 329 g/mol. The minimum atomic E-state index is -0.665. The van der Waals surface area contributed by atoms with Gasteiger partial charge in [-0.25, -0.2) is 0 Å². The average Bonchev–Trinajstić information content (AvgIpc) is 2.44. The normalized spacial score (nSPS) is 10.8. The van der Waals surface area contributed by atoms with Crippen LogP contribution < -0.4 is 4.74 Å². The van der Waals surface area contributed by atoms with E-state index >= 15 is 0 Å². The number of nitrogens with zero attached hydrogens (tertiary/aromatic N) is 1. The average molecular weight is 341 g/mol. The monoisotopic (exact) mass is 340 g/mol. The molecule has 0 spiro atoms. The Morgan fingerprint density at radius 2 is 2.05 bits per heavy atom. The predicted molar refractivity (Wildman–Crippen MR) is 84.2 cm³/mol. The Bertz CT molecular complexity index is 732.